The summed E-state index contributed by atoms with van der Waals surface area (Å²) in [5, 5.41) is 24.1. The molecular formula is C30H31NO10. The Hall–Kier alpha value is -4.29. The minimum Gasteiger partial charge on any atom is -0.459 e. The van der Waals surface area contributed by atoms with Crippen LogP contribution in [0.2, 0.25) is 0 Å². The Kier molecular flexibility index (Phi) is 10.8. The molecule has 11 heteroatoms. The zero-order valence-electron chi connectivity index (χ0n) is 22.0. The number of alkyl carbamates (subject to hydrolysis) is 1. The van der Waals surface area contributed by atoms with Gasteiger partial charge in [-0.15, -0.1) is 0 Å². The zero-order chi connectivity index (χ0) is 29.0. The Morgan fingerprint density at radius 3 is 1.98 bits per heavy atom. The zero-order valence-corrected chi connectivity index (χ0v) is 22.0. The summed E-state index contributed by atoms with van der Waals surface area (Å²) in [6, 6.07) is 25.5. The number of benzene rings is 3. The van der Waals surface area contributed by atoms with E-state index in [0.717, 1.165) is 5.56 Å². The van der Waals surface area contributed by atoms with E-state index in [0.29, 0.717) is 5.56 Å². The minimum atomic E-state index is -1.63. The first-order valence-corrected chi connectivity index (χ1v) is 13.0. The van der Waals surface area contributed by atoms with Crippen LogP contribution in [0.5, 0.6) is 0 Å². The van der Waals surface area contributed by atoms with Crippen LogP contribution in [0.25, 0.3) is 0 Å². The molecule has 3 N–H and O–H groups in total. The molecule has 1 aliphatic rings. The smallest absolute Gasteiger partial charge is 0.407 e. The van der Waals surface area contributed by atoms with Gasteiger partial charge in [-0.3, -0.25) is 0 Å². The number of esters is 2. The van der Waals surface area contributed by atoms with Crippen LogP contribution in [0.15, 0.2) is 91.0 Å². The number of carbonyl (C=O) groups is 3. The van der Waals surface area contributed by atoms with Gasteiger partial charge in [-0.05, 0) is 29.8 Å². The summed E-state index contributed by atoms with van der Waals surface area (Å²) >= 11 is 0. The number of aliphatic hydroxyl groups is 2. The van der Waals surface area contributed by atoms with Crippen molar-refractivity contribution < 1.29 is 48.3 Å². The molecule has 5 atom stereocenters. The number of nitrogens with one attached hydrogen (secondary N) is 1. The van der Waals surface area contributed by atoms with E-state index in [1.54, 1.807) is 48.5 Å². The minimum absolute atomic E-state index is 0.0103. The standard InChI is InChI=1S/C30H31NO10/c32-24-25(33)29(37-17-16-31-30(36)39-18-20-10-4-1-5-11-20)40-23(19-38-27(34)21-12-6-2-7-13-21)26(24)41-28(35)22-14-8-3-9-15-22/h1-15,23-26,29,32-33H,16-19H2,(H,31,36)/t23-,24-,25-,26+,29-/m1/s1. The number of hydrogen-bond donors (Lipinski definition) is 3. The Labute approximate surface area is 236 Å². The molecule has 0 saturated carbocycles. The van der Waals surface area contributed by atoms with E-state index in [2.05, 4.69) is 5.32 Å². The van der Waals surface area contributed by atoms with Gasteiger partial charge < -0.3 is 39.2 Å². The topological polar surface area (TPSA) is 150 Å². The second-order valence-electron chi connectivity index (χ2n) is 9.08. The van der Waals surface area contributed by atoms with Gasteiger partial charge in [0, 0.05) is 6.54 Å². The van der Waals surface area contributed by atoms with Crippen LogP contribution in [-0.4, -0.2) is 78.7 Å². The first-order valence-electron chi connectivity index (χ1n) is 13.0. The maximum absolute atomic E-state index is 12.7. The molecule has 11 nitrogen and oxygen atoms in total. The molecule has 4 rings (SSSR count). The Bertz CT molecular complexity index is 1260. The van der Waals surface area contributed by atoms with E-state index in [1.807, 2.05) is 30.3 Å². The quantitative estimate of drug-likeness (QED) is 0.180. The van der Waals surface area contributed by atoms with Crippen molar-refractivity contribution in [2.75, 3.05) is 19.8 Å². The molecular weight excluding hydrogens is 534 g/mol. The predicted octanol–water partition coefficient (Wildman–Crippen LogP) is 2.46. The van der Waals surface area contributed by atoms with Gasteiger partial charge in [-0.1, -0.05) is 66.7 Å². The molecule has 0 spiro atoms. The molecule has 0 aromatic heterocycles. The van der Waals surface area contributed by atoms with Gasteiger partial charge in [-0.25, -0.2) is 14.4 Å². The van der Waals surface area contributed by atoms with Crippen LogP contribution in [0.3, 0.4) is 0 Å². The third-order valence-corrected chi connectivity index (χ3v) is 6.15. The van der Waals surface area contributed by atoms with Crippen molar-refractivity contribution in [2.45, 2.75) is 37.3 Å². The molecule has 1 saturated heterocycles. The normalized spacial score (nSPS) is 21.9. The highest BCUT2D eigenvalue weighted by Crippen LogP contribution is 2.26. The van der Waals surface area contributed by atoms with Crippen LogP contribution in [0.1, 0.15) is 26.3 Å². The highest BCUT2D eigenvalue weighted by atomic mass is 16.7. The Morgan fingerprint density at radius 2 is 1.34 bits per heavy atom. The van der Waals surface area contributed by atoms with E-state index in [9.17, 15) is 24.6 Å². The van der Waals surface area contributed by atoms with E-state index in [-0.39, 0.29) is 25.3 Å². The van der Waals surface area contributed by atoms with Gasteiger partial charge in [0.05, 0.1) is 17.7 Å². The van der Waals surface area contributed by atoms with E-state index in [1.165, 1.54) is 12.1 Å². The molecule has 0 aliphatic carbocycles. The number of amides is 1. The lowest BCUT2D eigenvalue weighted by atomic mass is 9.98. The fraction of sp³-hybridized carbons (Fsp3) is 0.300. The van der Waals surface area contributed by atoms with Crippen LogP contribution >= 0.6 is 0 Å². The highest BCUT2D eigenvalue weighted by molar-refractivity contribution is 5.90. The average molecular weight is 566 g/mol. The second kappa shape index (κ2) is 14.9. The lowest BCUT2D eigenvalue weighted by molar-refractivity contribution is -0.299. The molecule has 3 aromatic carbocycles. The maximum Gasteiger partial charge on any atom is 0.407 e. The predicted molar refractivity (Wildman–Crippen MR) is 144 cm³/mol. The summed E-state index contributed by atoms with van der Waals surface area (Å²) in [5.74, 6) is -1.42. The SMILES string of the molecule is O=C(NCCO[C@@H]1O[C@H](COC(=O)c2ccccc2)[C@H](OC(=O)c2ccccc2)[C@H](O)[C@H]1O)OCc1ccccc1. The molecule has 1 fully saturated rings. The molecule has 1 amide bonds. The summed E-state index contributed by atoms with van der Waals surface area (Å²) < 4.78 is 27.3. The average Bonchev–Trinajstić information content (AvgIpc) is 3.02. The number of carbonyl (C=O) groups excluding carboxylic acids is 3. The lowest BCUT2D eigenvalue weighted by Gasteiger charge is -2.41. The van der Waals surface area contributed by atoms with Crippen molar-refractivity contribution in [3.05, 3.63) is 108 Å². The molecule has 1 aliphatic heterocycles. The van der Waals surface area contributed by atoms with Crippen molar-refractivity contribution in [3.8, 4) is 0 Å². The Morgan fingerprint density at radius 1 is 0.756 bits per heavy atom. The van der Waals surface area contributed by atoms with Crippen LogP contribution in [0, 0.1) is 0 Å². The maximum atomic E-state index is 12.7. The van der Waals surface area contributed by atoms with Crippen LogP contribution < -0.4 is 5.32 Å². The Balaban J connectivity index is 1.33. The third kappa shape index (κ3) is 8.60. The molecule has 216 valence electrons. The summed E-state index contributed by atoms with van der Waals surface area (Å²) in [7, 11) is 0. The van der Waals surface area contributed by atoms with Gasteiger partial charge in [-0.2, -0.15) is 0 Å². The first-order chi connectivity index (χ1) is 19.9. The van der Waals surface area contributed by atoms with Gasteiger partial charge in [0.25, 0.3) is 0 Å². The number of rotatable bonds is 11. The molecule has 3 aromatic rings. The summed E-state index contributed by atoms with van der Waals surface area (Å²) in [6.45, 7) is -0.416. The van der Waals surface area contributed by atoms with Crippen LogP contribution in [0.4, 0.5) is 4.79 Å². The van der Waals surface area contributed by atoms with Crippen molar-refractivity contribution in [1.29, 1.82) is 0 Å². The molecule has 0 bridgehead atoms. The van der Waals surface area contributed by atoms with Crippen molar-refractivity contribution in [2.24, 2.45) is 0 Å². The summed E-state index contributed by atoms with van der Waals surface area (Å²) in [5.41, 5.74) is 1.34. The molecule has 0 unspecified atom stereocenters. The number of ether oxygens (including phenoxy) is 5. The molecule has 1 heterocycles. The van der Waals surface area contributed by atoms with Crippen molar-refractivity contribution in [3.63, 3.8) is 0 Å². The first kappa shape index (κ1) is 29.7. The molecule has 41 heavy (non-hydrogen) atoms. The van der Waals surface area contributed by atoms with Crippen LogP contribution in [-0.2, 0) is 30.3 Å². The fourth-order valence-electron chi connectivity index (χ4n) is 4.01. The largest absolute Gasteiger partial charge is 0.459 e. The third-order valence-electron chi connectivity index (χ3n) is 6.15. The van der Waals surface area contributed by atoms with Gasteiger partial charge in [0.15, 0.2) is 12.4 Å². The van der Waals surface area contributed by atoms with E-state index < -0.39 is 55.3 Å². The second-order valence-corrected chi connectivity index (χ2v) is 9.08. The number of aliphatic hydroxyl groups excluding tert-OH is 2. The summed E-state index contributed by atoms with van der Waals surface area (Å²) in [6.07, 6.45) is -7.85. The van der Waals surface area contributed by atoms with E-state index in [4.69, 9.17) is 23.7 Å². The fourth-order valence-corrected chi connectivity index (χ4v) is 4.01. The van der Waals surface area contributed by atoms with Gasteiger partial charge in [0.2, 0.25) is 0 Å². The lowest BCUT2D eigenvalue weighted by Crippen LogP contribution is -2.61. The monoisotopic (exact) mass is 565 g/mol. The van der Waals surface area contributed by atoms with E-state index >= 15 is 0 Å². The van der Waals surface area contributed by atoms with Crippen molar-refractivity contribution >= 4 is 18.0 Å². The number of hydrogen-bond acceptors (Lipinski definition) is 10. The van der Waals surface area contributed by atoms with Gasteiger partial charge in [0.1, 0.15) is 31.5 Å². The highest BCUT2D eigenvalue weighted by Gasteiger charge is 2.48. The van der Waals surface area contributed by atoms with Gasteiger partial charge >= 0.3 is 18.0 Å². The molecule has 0 radical (unpaired) electrons. The summed E-state index contributed by atoms with van der Waals surface area (Å²) in [4.78, 5) is 37.2. The van der Waals surface area contributed by atoms with Crippen molar-refractivity contribution in [1.82, 2.24) is 5.32 Å².